The molecule has 2 N–H and O–H groups in total. The molecule has 2 aromatic rings. The van der Waals surface area contributed by atoms with Crippen molar-refractivity contribution in [3.8, 4) is 0 Å². The fourth-order valence-electron chi connectivity index (χ4n) is 0.890. The van der Waals surface area contributed by atoms with E-state index in [0.29, 0.717) is 5.82 Å². The summed E-state index contributed by atoms with van der Waals surface area (Å²) in [6, 6.07) is 7.92. The summed E-state index contributed by atoms with van der Waals surface area (Å²) in [6.07, 6.45) is 1.79. The van der Waals surface area contributed by atoms with E-state index in [1.165, 1.54) is 4.21 Å². The zero-order valence-electron chi connectivity index (χ0n) is 6.81. The zero-order valence-corrected chi connectivity index (χ0v) is 8.44. The van der Waals surface area contributed by atoms with Crippen LogP contribution in [0.1, 0.15) is 0 Å². The smallest absolute Gasteiger partial charge is 0.123 e. The van der Waals surface area contributed by atoms with Gasteiger partial charge >= 0.3 is 0 Å². The van der Waals surface area contributed by atoms with Gasteiger partial charge < -0.3 is 5.73 Å². The van der Waals surface area contributed by atoms with Gasteiger partial charge in [0.25, 0.3) is 0 Å². The van der Waals surface area contributed by atoms with E-state index >= 15 is 0 Å². The van der Waals surface area contributed by atoms with Gasteiger partial charge in [-0.2, -0.15) is 0 Å². The summed E-state index contributed by atoms with van der Waals surface area (Å²) in [4.78, 5) is 5.14. The van der Waals surface area contributed by atoms with Crippen LogP contribution in [0.15, 0.2) is 44.9 Å². The lowest BCUT2D eigenvalue weighted by Gasteiger charge is -1.97. The van der Waals surface area contributed by atoms with E-state index in [1.807, 2.05) is 18.2 Å². The lowest BCUT2D eigenvalue weighted by Crippen LogP contribution is -1.87. The van der Waals surface area contributed by atoms with Crippen molar-refractivity contribution in [1.29, 1.82) is 0 Å². The Morgan fingerprint density at radius 2 is 2.23 bits per heavy atom. The minimum Gasteiger partial charge on any atom is -0.384 e. The average molecular weight is 208 g/mol. The van der Waals surface area contributed by atoms with Gasteiger partial charge in [0.15, 0.2) is 0 Å². The number of nitrogen functional groups attached to an aromatic ring is 1. The van der Waals surface area contributed by atoms with Gasteiger partial charge in [0.05, 0.1) is 4.21 Å². The predicted octanol–water partition coefficient (Wildman–Crippen LogP) is 2.88. The molecule has 2 nitrogen and oxygen atoms in total. The first-order chi connectivity index (χ1) is 6.34. The van der Waals surface area contributed by atoms with Gasteiger partial charge in [-0.3, -0.25) is 0 Å². The molecule has 0 bridgehead atoms. The molecule has 0 atom stereocenters. The Hall–Kier alpha value is -1.00. The lowest BCUT2D eigenvalue weighted by atomic mass is 10.5. The maximum absolute atomic E-state index is 5.48. The molecule has 0 radical (unpaired) electrons. The van der Waals surface area contributed by atoms with E-state index in [2.05, 4.69) is 16.4 Å². The van der Waals surface area contributed by atoms with Gasteiger partial charge in [-0.1, -0.05) is 17.8 Å². The van der Waals surface area contributed by atoms with Crippen molar-refractivity contribution >= 4 is 28.9 Å². The summed E-state index contributed by atoms with van der Waals surface area (Å²) < 4.78 is 1.27. The third-order valence-corrected chi connectivity index (χ3v) is 3.49. The second kappa shape index (κ2) is 3.81. The zero-order chi connectivity index (χ0) is 9.10. The van der Waals surface area contributed by atoms with Crippen molar-refractivity contribution in [2.75, 3.05) is 5.73 Å². The van der Waals surface area contributed by atoms with Crippen molar-refractivity contribution in [1.82, 2.24) is 4.98 Å². The Bertz CT molecular complexity index is 367. The molecular formula is C9H8N2S2. The number of thiophene rings is 1. The Morgan fingerprint density at radius 3 is 2.85 bits per heavy atom. The summed E-state index contributed by atoms with van der Waals surface area (Å²) in [5.41, 5.74) is 5.48. The van der Waals surface area contributed by atoms with E-state index in [9.17, 15) is 0 Å². The molecule has 0 saturated heterocycles. The van der Waals surface area contributed by atoms with Gasteiger partial charge in [0, 0.05) is 11.1 Å². The summed E-state index contributed by atoms with van der Waals surface area (Å²) in [5.74, 6) is 0.565. The van der Waals surface area contributed by atoms with Crippen LogP contribution < -0.4 is 5.73 Å². The second-order valence-electron chi connectivity index (χ2n) is 2.45. The highest BCUT2D eigenvalue weighted by Gasteiger charge is 1.97. The Kier molecular flexibility index (Phi) is 2.52. The number of nitrogens with two attached hydrogens (primary N) is 1. The van der Waals surface area contributed by atoms with Crippen molar-refractivity contribution in [2.24, 2.45) is 0 Å². The highest BCUT2D eigenvalue weighted by Crippen LogP contribution is 2.30. The fourth-order valence-corrected chi connectivity index (χ4v) is 2.61. The summed E-state index contributed by atoms with van der Waals surface area (Å²) >= 11 is 3.43. The minimum atomic E-state index is 0.565. The quantitative estimate of drug-likeness (QED) is 0.824. The van der Waals surface area contributed by atoms with Crippen LogP contribution in [0.5, 0.6) is 0 Å². The number of pyridine rings is 1. The van der Waals surface area contributed by atoms with Crippen LogP contribution in [0.3, 0.4) is 0 Å². The molecule has 0 aliphatic heterocycles. The van der Waals surface area contributed by atoms with Crippen LogP contribution in [-0.4, -0.2) is 4.98 Å². The van der Waals surface area contributed by atoms with Gasteiger partial charge in [-0.15, -0.1) is 11.3 Å². The number of hydrogen-bond donors (Lipinski definition) is 1. The molecule has 0 spiro atoms. The molecular weight excluding hydrogens is 200 g/mol. The second-order valence-corrected chi connectivity index (χ2v) is 4.77. The van der Waals surface area contributed by atoms with Crippen LogP contribution in [-0.2, 0) is 0 Å². The van der Waals surface area contributed by atoms with E-state index < -0.39 is 0 Å². The first-order valence-electron chi connectivity index (χ1n) is 3.77. The molecule has 0 aliphatic rings. The van der Waals surface area contributed by atoms with E-state index in [4.69, 9.17) is 5.73 Å². The monoisotopic (exact) mass is 208 g/mol. The number of nitrogens with zero attached hydrogens (tertiary/aromatic N) is 1. The molecule has 2 heterocycles. The molecule has 66 valence electrons. The SMILES string of the molecule is Nc1ccc(Sc2cccs2)cn1. The number of hydrogen-bond acceptors (Lipinski definition) is 4. The van der Waals surface area contributed by atoms with E-state index in [1.54, 1.807) is 29.3 Å². The third kappa shape index (κ3) is 2.23. The van der Waals surface area contributed by atoms with Crippen molar-refractivity contribution in [3.05, 3.63) is 35.8 Å². The number of rotatable bonds is 2. The molecule has 0 amide bonds. The van der Waals surface area contributed by atoms with Crippen LogP contribution in [0.2, 0.25) is 0 Å². The third-order valence-electron chi connectivity index (χ3n) is 1.47. The number of anilines is 1. The predicted molar refractivity (Wildman–Crippen MR) is 57.1 cm³/mol. The fraction of sp³-hybridized carbons (Fsp3) is 0. The molecule has 0 fully saturated rings. The highest BCUT2D eigenvalue weighted by atomic mass is 32.2. The van der Waals surface area contributed by atoms with Gasteiger partial charge in [-0.05, 0) is 23.6 Å². The highest BCUT2D eigenvalue weighted by molar-refractivity contribution is 8.01. The molecule has 0 aliphatic carbocycles. The molecule has 2 aromatic heterocycles. The largest absolute Gasteiger partial charge is 0.384 e. The maximum atomic E-state index is 5.48. The Labute approximate surface area is 84.8 Å². The summed E-state index contributed by atoms with van der Waals surface area (Å²) in [5, 5.41) is 2.06. The standard InChI is InChI=1S/C9H8N2S2/c10-8-4-3-7(6-11-8)13-9-2-1-5-12-9/h1-6H,(H2,10,11). The molecule has 4 heteroatoms. The van der Waals surface area contributed by atoms with E-state index in [0.717, 1.165) is 4.90 Å². The number of aromatic nitrogens is 1. The van der Waals surface area contributed by atoms with E-state index in [-0.39, 0.29) is 0 Å². The molecule has 2 rings (SSSR count). The Morgan fingerprint density at radius 1 is 1.31 bits per heavy atom. The average Bonchev–Trinajstić information content (AvgIpc) is 2.62. The van der Waals surface area contributed by atoms with Crippen LogP contribution >= 0.6 is 23.1 Å². The Balaban J connectivity index is 2.15. The minimum absolute atomic E-state index is 0.565. The van der Waals surface area contributed by atoms with Crippen LogP contribution in [0, 0.1) is 0 Å². The van der Waals surface area contributed by atoms with Gasteiger partial charge in [0.1, 0.15) is 5.82 Å². The molecule has 0 saturated carbocycles. The van der Waals surface area contributed by atoms with Crippen LogP contribution in [0.4, 0.5) is 5.82 Å². The normalized spacial score (nSPS) is 10.2. The van der Waals surface area contributed by atoms with Crippen molar-refractivity contribution < 1.29 is 0 Å². The lowest BCUT2D eigenvalue weighted by molar-refractivity contribution is 1.25. The van der Waals surface area contributed by atoms with Gasteiger partial charge in [-0.25, -0.2) is 4.98 Å². The van der Waals surface area contributed by atoms with Gasteiger partial charge in [0.2, 0.25) is 0 Å². The molecule has 0 unspecified atom stereocenters. The van der Waals surface area contributed by atoms with Crippen molar-refractivity contribution in [3.63, 3.8) is 0 Å². The summed E-state index contributed by atoms with van der Waals surface area (Å²) in [6.45, 7) is 0. The van der Waals surface area contributed by atoms with Crippen molar-refractivity contribution in [2.45, 2.75) is 9.10 Å². The molecule has 13 heavy (non-hydrogen) atoms. The summed E-state index contributed by atoms with van der Waals surface area (Å²) in [7, 11) is 0. The first-order valence-corrected chi connectivity index (χ1v) is 5.47. The van der Waals surface area contributed by atoms with Crippen LogP contribution in [0.25, 0.3) is 0 Å². The first kappa shape index (κ1) is 8.59. The topological polar surface area (TPSA) is 38.9 Å². The molecule has 0 aromatic carbocycles. The maximum Gasteiger partial charge on any atom is 0.123 e.